The topological polar surface area (TPSA) is 42.9 Å². The van der Waals surface area contributed by atoms with Crippen molar-refractivity contribution in [1.82, 2.24) is 9.97 Å². The molecule has 0 bridgehead atoms. The number of aromatic nitrogens is 2. The summed E-state index contributed by atoms with van der Waals surface area (Å²) in [5.74, 6) is 0. The Morgan fingerprint density at radius 2 is 1.65 bits per heavy atom. The number of benzene rings is 1. The number of hydrogen-bond donors (Lipinski definition) is 0. The number of hydrogen-bond acceptors (Lipinski definition) is 3. The molecule has 2 rings (SSSR count). The van der Waals surface area contributed by atoms with Crippen molar-refractivity contribution < 1.29 is 4.57 Å². The van der Waals surface area contributed by atoms with E-state index in [1.807, 2.05) is 30.9 Å². The van der Waals surface area contributed by atoms with Gasteiger partial charge in [0.25, 0.3) is 0 Å². The van der Waals surface area contributed by atoms with Crippen LogP contribution in [0.2, 0.25) is 0 Å². The zero-order valence-corrected chi connectivity index (χ0v) is 16.5. The molecule has 126 valence electrons. The average molecular weight is 350 g/mol. The highest BCUT2D eigenvalue weighted by Gasteiger charge is 2.27. The molecule has 2 aromatic rings. The smallest absolute Gasteiger partial charge is 0.132 e. The quantitative estimate of drug-likeness (QED) is 0.654. The SMILES string of the molecule is CCCCP(C)c1nc2ccccc2nc1[P@](C)(=O)CCCC. The Kier molecular flexibility index (Phi) is 6.74. The van der Waals surface area contributed by atoms with E-state index in [2.05, 4.69) is 20.5 Å². The lowest BCUT2D eigenvalue weighted by molar-refractivity contribution is 0.582. The van der Waals surface area contributed by atoms with Gasteiger partial charge >= 0.3 is 0 Å². The second kappa shape index (κ2) is 8.36. The Labute approximate surface area is 141 Å². The monoisotopic (exact) mass is 350 g/mol. The molecule has 0 radical (unpaired) electrons. The second-order valence-electron chi connectivity index (χ2n) is 6.31. The van der Waals surface area contributed by atoms with E-state index in [9.17, 15) is 4.57 Å². The molecule has 0 amide bonds. The predicted molar refractivity (Wildman–Crippen MR) is 105 cm³/mol. The van der Waals surface area contributed by atoms with Gasteiger partial charge < -0.3 is 4.57 Å². The van der Waals surface area contributed by atoms with E-state index in [4.69, 9.17) is 9.97 Å². The standard InChI is InChI=1S/C18H28N2OP2/c1-5-7-13-22(3)17-18(23(4,21)14-8-6-2)20-16-12-10-9-11-15(16)19-17/h9-12H,5-8,13-14H2,1-4H3/t22?,23-/m1/s1. The van der Waals surface area contributed by atoms with E-state index in [0.29, 0.717) is 0 Å². The molecule has 0 spiro atoms. The van der Waals surface area contributed by atoms with E-state index < -0.39 is 15.1 Å². The van der Waals surface area contributed by atoms with Crippen LogP contribution >= 0.6 is 15.1 Å². The van der Waals surface area contributed by atoms with Crippen LogP contribution in [0.3, 0.4) is 0 Å². The van der Waals surface area contributed by atoms with E-state index >= 15 is 0 Å². The van der Waals surface area contributed by atoms with Crippen molar-refractivity contribution in [3.05, 3.63) is 24.3 Å². The van der Waals surface area contributed by atoms with E-state index in [1.165, 1.54) is 12.8 Å². The van der Waals surface area contributed by atoms with Gasteiger partial charge in [-0.15, -0.1) is 0 Å². The Morgan fingerprint density at radius 1 is 1.04 bits per heavy atom. The summed E-state index contributed by atoms with van der Waals surface area (Å²) in [6.07, 6.45) is 6.30. The highest BCUT2D eigenvalue weighted by Crippen LogP contribution is 2.43. The predicted octanol–water partition coefficient (Wildman–Crippen LogP) is 4.59. The minimum Gasteiger partial charge on any atom is -0.317 e. The maximum atomic E-state index is 13.3. The molecule has 1 aromatic carbocycles. The van der Waals surface area contributed by atoms with Crippen LogP contribution in [0.15, 0.2) is 24.3 Å². The van der Waals surface area contributed by atoms with Gasteiger partial charge in [0.15, 0.2) is 0 Å². The van der Waals surface area contributed by atoms with Gasteiger partial charge in [-0.3, -0.25) is 0 Å². The van der Waals surface area contributed by atoms with Gasteiger partial charge in [0.2, 0.25) is 0 Å². The summed E-state index contributed by atoms with van der Waals surface area (Å²) in [5.41, 5.74) is 3.61. The van der Waals surface area contributed by atoms with Crippen LogP contribution < -0.4 is 10.9 Å². The van der Waals surface area contributed by atoms with Gasteiger partial charge in [-0.1, -0.05) is 46.7 Å². The van der Waals surface area contributed by atoms with Crippen LogP contribution in [0.25, 0.3) is 11.0 Å². The van der Waals surface area contributed by atoms with Crippen LogP contribution in [0, 0.1) is 0 Å². The molecule has 0 fully saturated rings. The minimum atomic E-state index is -2.45. The molecular formula is C18H28N2OP2. The summed E-state index contributed by atoms with van der Waals surface area (Å²) in [4.78, 5) is 9.72. The van der Waals surface area contributed by atoms with Crippen molar-refractivity contribution in [2.24, 2.45) is 0 Å². The Balaban J connectivity index is 2.52. The number of nitrogens with zero attached hydrogens (tertiary/aromatic N) is 2. The Bertz CT molecular complexity index is 702. The Morgan fingerprint density at radius 3 is 2.26 bits per heavy atom. The van der Waals surface area contributed by atoms with Crippen molar-refractivity contribution in [3.63, 3.8) is 0 Å². The van der Waals surface area contributed by atoms with Gasteiger partial charge in [-0.2, -0.15) is 0 Å². The van der Waals surface area contributed by atoms with Crippen LogP contribution in [0.4, 0.5) is 0 Å². The molecule has 0 N–H and O–H groups in total. The first kappa shape index (κ1) is 18.6. The molecule has 0 aliphatic heterocycles. The van der Waals surface area contributed by atoms with Gasteiger partial charge in [-0.25, -0.2) is 9.97 Å². The molecule has 1 heterocycles. The number of rotatable bonds is 8. The minimum absolute atomic E-state index is 0.401. The van der Waals surface area contributed by atoms with Gasteiger partial charge in [0.05, 0.1) is 16.5 Å². The highest BCUT2D eigenvalue weighted by molar-refractivity contribution is 7.74. The van der Waals surface area contributed by atoms with E-state index in [1.54, 1.807) is 0 Å². The maximum Gasteiger partial charge on any atom is 0.132 e. The van der Waals surface area contributed by atoms with Crippen LogP contribution in [0.1, 0.15) is 39.5 Å². The van der Waals surface area contributed by atoms with Crippen LogP contribution in [-0.4, -0.2) is 35.6 Å². The van der Waals surface area contributed by atoms with Crippen molar-refractivity contribution in [3.8, 4) is 0 Å². The third-order valence-corrected chi connectivity index (χ3v) is 8.71. The lowest BCUT2D eigenvalue weighted by Crippen LogP contribution is -2.31. The van der Waals surface area contributed by atoms with E-state index in [-0.39, 0.29) is 0 Å². The van der Waals surface area contributed by atoms with Crippen molar-refractivity contribution in [2.45, 2.75) is 39.5 Å². The fourth-order valence-corrected chi connectivity index (χ4v) is 7.36. The molecule has 23 heavy (non-hydrogen) atoms. The van der Waals surface area contributed by atoms with Crippen LogP contribution in [0.5, 0.6) is 0 Å². The second-order valence-corrected chi connectivity index (χ2v) is 11.7. The molecular weight excluding hydrogens is 322 g/mol. The molecule has 5 heteroatoms. The lowest BCUT2D eigenvalue weighted by Gasteiger charge is -2.20. The summed E-state index contributed by atoms with van der Waals surface area (Å²) in [6.45, 7) is 8.50. The number of para-hydroxylation sites is 2. The molecule has 0 saturated carbocycles. The number of unbranched alkanes of at least 4 members (excludes halogenated alkanes) is 2. The molecule has 0 aliphatic rings. The first-order valence-corrected chi connectivity index (χ1v) is 12.9. The average Bonchev–Trinajstić information content (AvgIpc) is 2.56. The third kappa shape index (κ3) is 4.61. The Hall–Kier alpha value is -0.780. The summed E-state index contributed by atoms with van der Waals surface area (Å²) in [5, 5.41) is 0. The highest BCUT2D eigenvalue weighted by atomic mass is 31.2. The fourth-order valence-electron chi connectivity index (χ4n) is 2.62. The molecule has 3 nitrogen and oxygen atoms in total. The maximum absolute atomic E-state index is 13.3. The summed E-state index contributed by atoms with van der Waals surface area (Å²) >= 11 is 0. The van der Waals surface area contributed by atoms with Crippen molar-refractivity contribution in [1.29, 1.82) is 0 Å². The molecule has 1 unspecified atom stereocenters. The molecule has 2 atom stereocenters. The molecule has 0 aliphatic carbocycles. The first-order valence-electron chi connectivity index (χ1n) is 8.54. The third-order valence-electron chi connectivity index (χ3n) is 4.13. The van der Waals surface area contributed by atoms with Gasteiger partial charge in [0.1, 0.15) is 12.6 Å². The molecule has 0 saturated heterocycles. The van der Waals surface area contributed by atoms with Gasteiger partial charge in [-0.05, 0) is 44.5 Å². The normalized spacial score (nSPS) is 15.5. The fraction of sp³-hybridized carbons (Fsp3) is 0.556. The zero-order chi connectivity index (χ0) is 16.9. The zero-order valence-electron chi connectivity index (χ0n) is 14.7. The van der Waals surface area contributed by atoms with Gasteiger partial charge in [0, 0.05) is 6.16 Å². The molecule has 1 aromatic heterocycles. The number of fused-ring (bicyclic) bond motifs is 1. The lowest BCUT2D eigenvalue weighted by atomic mass is 10.3. The summed E-state index contributed by atoms with van der Waals surface area (Å²) in [6, 6.07) is 7.94. The summed E-state index contributed by atoms with van der Waals surface area (Å²) < 4.78 is 13.3. The van der Waals surface area contributed by atoms with Crippen molar-refractivity contribution in [2.75, 3.05) is 25.7 Å². The van der Waals surface area contributed by atoms with Crippen LogP contribution in [-0.2, 0) is 4.57 Å². The largest absolute Gasteiger partial charge is 0.317 e. The van der Waals surface area contributed by atoms with E-state index in [0.717, 1.165) is 47.1 Å². The first-order chi connectivity index (χ1) is 11.0. The van der Waals surface area contributed by atoms with Crippen molar-refractivity contribution >= 4 is 37.0 Å². The summed E-state index contributed by atoms with van der Waals surface area (Å²) in [7, 11) is -2.85.